The van der Waals surface area contributed by atoms with Crippen LogP contribution in [0.2, 0.25) is 0 Å². The molecule has 134 valence electrons. The first-order valence-electron chi connectivity index (χ1n) is 8.41. The summed E-state index contributed by atoms with van der Waals surface area (Å²) in [5.74, 6) is 1.11. The van der Waals surface area contributed by atoms with E-state index in [0.29, 0.717) is 29.8 Å². The molecule has 0 aliphatic rings. The molecule has 3 aromatic rings. The van der Waals surface area contributed by atoms with Crippen LogP contribution in [0.1, 0.15) is 34.4 Å². The first kappa shape index (κ1) is 17.6. The van der Waals surface area contributed by atoms with Crippen molar-refractivity contribution in [1.82, 2.24) is 15.1 Å². The highest BCUT2D eigenvalue weighted by Crippen LogP contribution is 2.23. The second kappa shape index (κ2) is 7.35. The normalized spacial score (nSPS) is 10.6. The van der Waals surface area contributed by atoms with Gasteiger partial charge in [-0.3, -0.25) is 4.79 Å². The van der Waals surface area contributed by atoms with E-state index in [-0.39, 0.29) is 11.6 Å². The van der Waals surface area contributed by atoms with Crippen LogP contribution in [-0.4, -0.2) is 27.6 Å². The van der Waals surface area contributed by atoms with E-state index >= 15 is 0 Å². The maximum atomic E-state index is 12.5. The highest BCUT2D eigenvalue weighted by atomic mass is 16.5. The van der Waals surface area contributed by atoms with Gasteiger partial charge in [0.05, 0.1) is 0 Å². The Morgan fingerprint density at radius 1 is 1.15 bits per heavy atom. The van der Waals surface area contributed by atoms with Crippen LogP contribution in [0.5, 0.6) is 0 Å². The zero-order valence-corrected chi connectivity index (χ0v) is 15.3. The van der Waals surface area contributed by atoms with Crippen LogP contribution >= 0.6 is 0 Å². The van der Waals surface area contributed by atoms with Crippen LogP contribution in [0, 0.1) is 20.8 Å². The van der Waals surface area contributed by atoms with Gasteiger partial charge in [0, 0.05) is 24.0 Å². The number of carbonyl (C=O) groups excluding carboxylic acids is 1. The molecule has 1 amide bonds. The number of benzene rings is 1. The Labute approximate surface area is 152 Å². The van der Waals surface area contributed by atoms with Gasteiger partial charge in [-0.25, -0.2) is 9.97 Å². The van der Waals surface area contributed by atoms with Gasteiger partial charge in [0.2, 0.25) is 5.95 Å². The summed E-state index contributed by atoms with van der Waals surface area (Å²) >= 11 is 0. The smallest absolute Gasteiger partial charge is 0.275 e. The molecule has 0 aliphatic heterocycles. The lowest BCUT2D eigenvalue weighted by atomic mass is 10.2. The van der Waals surface area contributed by atoms with Gasteiger partial charge in [-0.2, -0.15) is 0 Å². The topological polar surface area (TPSA) is 84.2 Å². The van der Waals surface area contributed by atoms with Crippen molar-refractivity contribution in [2.75, 3.05) is 16.8 Å². The molecule has 0 saturated carbocycles. The van der Waals surface area contributed by atoms with Crippen LogP contribution in [-0.2, 0) is 0 Å². The number of nitrogens with zero attached hydrogens (tertiary/aromatic N) is 4. The van der Waals surface area contributed by atoms with Crippen molar-refractivity contribution >= 4 is 23.4 Å². The maximum Gasteiger partial charge on any atom is 0.275 e. The van der Waals surface area contributed by atoms with E-state index in [1.54, 1.807) is 19.1 Å². The first-order valence-corrected chi connectivity index (χ1v) is 8.41. The summed E-state index contributed by atoms with van der Waals surface area (Å²) in [4.78, 5) is 23.5. The molecule has 26 heavy (non-hydrogen) atoms. The average Bonchev–Trinajstić information content (AvgIpc) is 3.00. The quantitative estimate of drug-likeness (QED) is 0.753. The van der Waals surface area contributed by atoms with Crippen LogP contribution < -0.4 is 10.2 Å². The Morgan fingerprint density at radius 2 is 1.96 bits per heavy atom. The lowest BCUT2D eigenvalue weighted by Gasteiger charge is -2.22. The lowest BCUT2D eigenvalue weighted by molar-refractivity contribution is 0.102. The molecule has 2 heterocycles. The van der Waals surface area contributed by atoms with Crippen molar-refractivity contribution in [3.05, 3.63) is 59.1 Å². The Morgan fingerprint density at radius 3 is 2.62 bits per heavy atom. The summed E-state index contributed by atoms with van der Waals surface area (Å²) in [6.07, 6.45) is 0. The third kappa shape index (κ3) is 3.88. The van der Waals surface area contributed by atoms with Crippen LogP contribution in [0.4, 0.5) is 17.5 Å². The molecule has 0 aliphatic carbocycles. The first-order chi connectivity index (χ1) is 12.5. The van der Waals surface area contributed by atoms with E-state index in [0.717, 1.165) is 11.3 Å². The molecule has 3 rings (SSSR count). The third-order valence-corrected chi connectivity index (χ3v) is 3.82. The number of nitrogens with one attached hydrogen (secondary N) is 1. The minimum atomic E-state index is -0.356. The minimum absolute atomic E-state index is 0.277. The largest absolute Gasteiger partial charge is 0.360 e. The Bertz CT molecular complexity index is 935. The van der Waals surface area contributed by atoms with Crippen molar-refractivity contribution in [1.29, 1.82) is 0 Å². The number of hydrogen-bond acceptors (Lipinski definition) is 6. The zero-order valence-electron chi connectivity index (χ0n) is 15.3. The molecule has 7 nitrogen and oxygen atoms in total. The van der Waals surface area contributed by atoms with Crippen LogP contribution in [0.3, 0.4) is 0 Å². The van der Waals surface area contributed by atoms with E-state index in [1.165, 1.54) is 0 Å². The number of amides is 1. The van der Waals surface area contributed by atoms with E-state index in [9.17, 15) is 4.79 Å². The number of rotatable bonds is 5. The van der Waals surface area contributed by atoms with Gasteiger partial charge in [-0.15, -0.1) is 0 Å². The van der Waals surface area contributed by atoms with Crippen LogP contribution in [0.25, 0.3) is 0 Å². The molecule has 0 unspecified atom stereocenters. The number of carbonyl (C=O) groups is 1. The second-order valence-corrected chi connectivity index (χ2v) is 6.05. The average molecular weight is 351 g/mol. The summed E-state index contributed by atoms with van der Waals surface area (Å²) in [6, 6.07) is 11.4. The van der Waals surface area contributed by atoms with E-state index in [4.69, 9.17) is 4.52 Å². The number of aromatic nitrogens is 3. The molecule has 0 saturated heterocycles. The van der Waals surface area contributed by atoms with Gasteiger partial charge in [0.25, 0.3) is 5.91 Å². The molecular weight excluding hydrogens is 330 g/mol. The molecule has 0 atom stereocenters. The zero-order chi connectivity index (χ0) is 18.7. The molecule has 0 radical (unpaired) electrons. The monoisotopic (exact) mass is 351 g/mol. The van der Waals surface area contributed by atoms with Crippen molar-refractivity contribution in [3.8, 4) is 0 Å². The minimum Gasteiger partial charge on any atom is -0.360 e. The summed E-state index contributed by atoms with van der Waals surface area (Å²) in [5, 5.41) is 6.46. The molecule has 0 fully saturated rings. The van der Waals surface area contributed by atoms with Crippen LogP contribution in [0.15, 0.2) is 40.9 Å². The SMILES string of the molecule is CCN(c1cccc(C)c1)c1nc(C)cc(C(=O)Nc2cc(C)on2)n1. The lowest BCUT2D eigenvalue weighted by Crippen LogP contribution is -2.22. The fraction of sp³-hybridized carbons (Fsp3) is 0.263. The van der Waals surface area contributed by atoms with Gasteiger partial charge in [0.15, 0.2) is 5.82 Å². The van der Waals surface area contributed by atoms with Gasteiger partial charge in [-0.05, 0) is 51.5 Å². The molecule has 7 heteroatoms. The molecule has 1 aromatic carbocycles. The fourth-order valence-electron chi connectivity index (χ4n) is 2.63. The molecule has 0 spiro atoms. The van der Waals surface area contributed by atoms with Gasteiger partial charge in [-0.1, -0.05) is 17.3 Å². The maximum absolute atomic E-state index is 12.5. The predicted molar refractivity (Wildman–Crippen MR) is 99.8 cm³/mol. The molecule has 2 aromatic heterocycles. The summed E-state index contributed by atoms with van der Waals surface area (Å²) in [5.41, 5.74) is 3.12. The predicted octanol–water partition coefficient (Wildman–Crippen LogP) is 3.80. The highest BCUT2D eigenvalue weighted by Gasteiger charge is 2.17. The van der Waals surface area contributed by atoms with E-state index < -0.39 is 0 Å². The second-order valence-electron chi connectivity index (χ2n) is 6.05. The molecular formula is C19H21N5O2. The van der Waals surface area contributed by atoms with E-state index in [2.05, 4.69) is 26.5 Å². The summed E-state index contributed by atoms with van der Waals surface area (Å²) in [7, 11) is 0. The van der Waals surface area contributed by atoms with Gasteiger partial charge in [0.1, 0.15) is 11.5 Å². The van der Waals surface area contributed by atoms with Gasteiger partial charge >= 0.3 is 0 Å². The molecule has 1 N–H and O–H groups in total. The van der Waals surface area contributed by atoms with Gasteiger partial charge < -0.3 is 14.7 Å². The summed E-state index contributed by atoms with van der Waals surface area (Å²) < 4.78 is 4.97. The molecule has 0 bridgehead atoms. The Kier molecular flexibility index (Phi) is 4.97. The Balaban J connectivity index is 1.92. The van der Waals surface area contributed by atoms with Crippen molar-refractivity contribution < 1.29 is 9.32 Å². The third-order valence-electron chi connectivity index (χ3n) is 3.82. The highest BCUT2D eigenvalue weighted by molar-refractivity contribution is 6.02. The van der Waals surface area contributed by atoms with Crippen molar-refractivity contribution in [2.24, 2.45) is 0 Å². The number of aryl methyl sites for hydroxylation is 3. The van der Waals surface area contributed by atoms with Crippen molar-refractivity contribution in [2.45, 2.75) is 27.7 Å². The van der Waals surface area contributed by atoms with E-state index in [1.807, 2.05) is 43.9 Å². The number of anilines is 3. The standard InChI is InChI=1S/C19H21N5O2/c1-5-24(15-8-6-7-12(2)9-15)19-20-13(3)10-16(21-19)18(25)22-17-11-14(4)26-23-17/h6-11H,5H2,1-4H3,(H,22,23,25). The number of hydrogen-bond donors (Lipinski definition) is 1. The Hall–Kier alpha value is -3.22. The van der Waals surface area contributed by atoms with Crippen molar-refractivity contribution in [3.63, 3.8) is 0 Å². The fourth-order valence-corrected chi connectivity index (χ4v) is 2.63. The summed E-state index contributed by atoms with van der Waals surface area (Å²) in [6.45, 7) is 8.33.